The first-order chi connectivity index (χ1) is 14.5. The maximum Gasteiger partial charge on any atom is 0.253 e. The molecule has 5 heteroatoms. The van der Waals surface area contributed by atoms with Gasteiger partial charge in [-0.1, -0.05) is 42.0 Å². The third kappa shape index (κ3) is 4.80. The molecule has 0 aromatic heterocycles. The van der Waals surface area contributed by atoms with E-state index < -0.39 is 5.60 Å². The van der Waals surface area contributed by atoms with Crippen molar-refractivity contribution >= 4 is 23.2 Å². The van der Waals surface area contributed by atoms with Crippen molar-refractivity contribution in [2.24, 2.45) is 0 Å². The molecule has 0 spiro atoms. The van der Waals surface area contributed by atoms with Crippen LogP contribution in [0.25, 0.3) is 0 Å². The van der Waals surface area contributed by atoms with E-state index in [-0.39, 0.29) is 5.91 Å². The molecule has 1 amide bonds. The smallest absolute Gasteiger partial charge is 0.253 e. The second-order valence-corrected chi connectivity index (χ2v) is 8.56. The monoisotopic (exact) mass is 422 g/mol. The van der Waals surface area contributed by atoms with Crippen molar-refractivity contribution in [2.75, 3.05) is 31.1 Å². The van der Waals surface area contributed by atoms with Crippen LogP contribution in [0.2, 0.25) is 5.02 Å². The third-order valence-corrected chi connectivity index (χ3v) is 6.33. The average molecular weight is 423 g/mol. The van der Waals surface area contributed by atoms with E-state index in [2.05, 4.69) is 16.7 Å². The number of carbonyl (C=O) groups excluding carboxylic acids is 1. The normalized spacial score (nSPS) is 18.5. The van der Waals surface area contributed by atoms with E-state index in [0.717, 1.165) is 55.0 Å². The number of benzene rings is 2. The summed E-state index contributed by atoms with van der Waals surface area (Å²) in [7, 11) is 0. The minimum atomic E-state index is -0.853. The molecule has 0 unspecified atom stereocenters. The minimum absolute atomic E-state index is 0.0410. The molecule has 1 aliphatic carbocycles. The Labute approximate surface area is 183 Å². The zero-order valence-corrected chi connectivity index (χ0v) is 17.9. The maximum absolute atomic E-state index is 12.9. The number of anilines is 1. The molecule has 1 heterocycles. The molecule has 2 aromatic carbocycles. The van der Waals surface area contributed by atoms with Gasteiger partial charge in [-0.3, -0.25) is 4.79 Å². The summed E-state index contributed by atoms with van der Waals surface area (Å²) in [5, 5.41) is 11.3. The van der Waals surface area contributed by atoms with Crippen molar-refractivity contribution < 1.29 is 9.90 Å². The van der Waals surface area contributed by atoms with Crippen LogP contribution in [0, 0.1) is 11.8 Å². The number of hydrogen-bond acceptors (Lipinski definition) is 3. The second kappa shape index (κ2) is 9.12. The van der Waals surface area contributed by atoms with Gasteiger partial charge in [-0.15, -0.1) is 0 Å². The molecule has 30 heavy (non-hydrogen) atoms. The van der Waals surface area contributed by atoms with Gasteiger partial charge >= 0.3 is 0 Å². The standard InChI is InChI=1S/C25H27ClN2O2/c26-22-6-2-3-7-23(22)27-16-18-28(19-17-27)24(29)21-10-8-20(9-11-21)12-15-25(30)13-4-1-5-14-25/h2-3,6-11,30H,1,4-5,13-14,16-19H2. The Hall–Kier alpha value is -2.48. The van der Waals surface area contributed by atoms with E-state index >= 15 is 0 Å². The number of nitrogens with zero attached hydrogens (tertiary/aromatic N) is 2. The molecule has 0 atom stereocenters. The van der Waals surface area contributed by atoms with Crippen LogP contribution < -0.4 is 4.90 Å². The third-order valence-electron chi connectivity index (χ3n) is 6.01. The van der Waals surface area contributed by atoms with Gasteiger partial charge < -0.3 is 14.9 Å². The Morgan fingerprint density at radius 1 is 0.933 bits per heavy atom. The highest BCUT2D eigenvalue weighted by Gasteiger charge is 2.26. The molecular formula is C25H27ClN2O2. The Morgan fingerprint density at radius 2 is 1.60 bits per heavy atom. The summed E-state index contributed by atoms with van der Waals surface area (Å²) >= 11 is 6.30. The molecule has 156 valence electrons. The van der Waals surface area contributed by atoms with Crippen LogP contribution >= 0.6 is 11.6 Å². The summed E-state index contributed by atoms with van der Waals surface area (Å²) in [5.74, 6) is 6.17. The number of para-hydroxylation sites is 1. The molecule has 4 nitrogen and oxygen atoms in total. The van der Waals surface area contributed by atoms with Gasteiger partial charge in [0.25, 0.3) is 5.91 Å². The second-order valence-electron chi connectivity index (χ2n) is 8.15. The highest BCUT2D eigenvalue weighted by Crippen LogP contribution is 2.28. The lowest BCUT2D eigenvalue weighted by molar-refractivity contribution is 0.0610. The first-order valence-electron chi connectivity index (χ1n) is 10.7. The fraction of sp³-hybridized carbons (Fsp3) is 0.400. The molecule has 2 aliphatic rings. The summed E-state index contributed by atoms with van der Waals surface area (Å²) in [6.45, 7) is 2.85. The molecule has 1 N–H and O–H groups in total. The number of amides is 1. The zero-order valence-electron chi connectivity index (χ0n) is 17.1. The van der Waals surface area contributed by atoms with Crippen molar-refractivity contribution in [3.63, 3.8) is 0 Å². The number of halogens is 1. The van der Waals surface area contributed by atoms with Crippen molar-refractivity contribution in [1.82, 2.24) is 4.90 Å². The molecule has 1 saturated carbocycles. The predicted octanol–water partition coefficient (Wildman–Crippen LogP) is 4.35. The highest BCUT2D eigenvalue weighted by molar-refractivity contribution is 6.33. The topological polar surface area (TPSA) is 43.8 Å². The van der Waals surface area contributed by atoms with Gasteiger partial charge in [0.2, 0.25) is 0 Å². The van der Waals surface area contributed by atoms with Crippen LogP contribution in [0.3, 0.4) is 0 Å². The number of rotatable bonds is 2. The maximum atomic E-state index is 12.9. The summed E-state index contributed by atoms with van der Waals surface area (Å²) in [4.78, 5) is 17.0. The molecule has 0 bridgehead atoms. The molecule has 0 radical (unpaired) electrons. The molecule has 4 rings (SSSR count). The number of carbonyl (C=O) groups is 1. The zero-order chi connectivity index (χ0) is 21.0. The number of hydrogen-bond donors (Lipinski definition) is 1. The Bertz CT molecular complexity index is 947. The van der Waals surface area contributed by atoms with E-state index in [1.165, 1.54) is 6.42 Å². The van der Waals surface area contributed by atoms with Gasteiger partial charge in [-0.05, 0) is 62.1 Å². The molecular weight excluding hydrogens is 396 g/mol. The van der Waals surface area contributed by atoms with E-state index in [0.29, 0.717) is 18.7 Å². The van der Waals surface area contributed by atoms with Crippen LogP contribution in [0.4, 0.5) is 5.69 Å². The first-order valence-corrected chi connectivity index (χ1v) is 11.1. The highest BCUT2D eigenvalue weighted by atomic mass is 35.5. The SMILES string of the molecule is O=C(c1ccc(C#CC2(O)CCCCC2)cc1)N1CCN(c2ccccc2Cl)CC1. The van der Waals surface area contributed by atoms with Gasteiger partial charge in [0.15, 0.2) is 0 Å². The largest absolute Gasteiger partial charge is 0.378 e. The minimum Gasteiger partial charge on any atom is -0.378 e. The number of piperazine rings is 1. The van der Waals surface area contributed by atoms with Crippen molar-refractivity contribution in [3.05, 3.63) is 64.7 Å². The van der Waals surface area contributed by atoms with Crippen molar-refractivity contribution in [1.29, 1.82) is 0 Å². The van der Waals surface area contributed by atoms with Crippen LogP contribution in [0.15, 0.2) is 48.5 Å². The van der Waals surface area contributed by atoms with Crippen molar-refractivity contribution in [2.45, 2.75) is 37.7 Å². The molecule has 1 aliphatic heterocycles. The fourth-order valence-corrected chi connectivity index (χ4v) is 4.44. The van der Waals surface area contributed by atoms with E-state index in [1.807, 2.05) is 53.4 Å². The van der Waals surface area contributed by atoms with Crippen LogP contribution in [0.5, 0.6) is 0 Å². The summed E-state index contributed by atoms with van der Waals surface area (Å²) in [6.07, 6.45) is 4.73. The van der Waals surface area contributed by atoms with Gasteiger partial charge in [0, 0.05) is 37.3 Å². The van der Waals surface area contributed by atoms with Crippen LogP contribution in [-0.2, 0) is 0 Å². The van der Waals surface area contributed by atoms with Crippen molar-refractivity contribution in [3.8, 4) is 11.8 Å². The lowest BCUT2D eigenvalue weighted by atomic mass is 9.85. The van der Waals surface area contributed by atoms with Crippen LogP contribution in [0.1, 0.15) is 48.0 Å². The quantitative estimate of drug-likeness (QED) is 0.732. The van der Waals surface area contributed by atoms with E-state index in [4.69, 9.17) is 11.6 Å². The van der Waals surface area contributed by atoms with Crippen LogP contribution in [-0.4, -0.2) is 47.7 Å². The van der Waals surface area contributed by atoms with Gasteiger partial charge in [-0.25, -0.2) is 0 Å². The summed E-state index contributed by atoms with van der Waals surface area (Å²) in [5.41, 5.74) is 1.67. The van der Waals surface area contributed by atoms with E-state index in [9.17, 15) is 9.90 Å². The van der Waals surface area contributed by atoms with Gasteiger partial charge in [0.05, 0.1) is 10.7 Å². The molecule has 2 fully saturated rings. The lowest BCUT2D eigenvalue weighted by Crippen LogP contribution is -2.48. The van der Waals surface area contributed by atoms with Gasteiger partial charge in [0.1, 0.15) is 5.60 Å². The first kappa shape index (κ1) is 20.8. The molecule has 2 aromatic rings. The number of aliphatic hydroxyl groups is 1. The average Bonchev–Trinajstić information content (AvgIpc) is 2.79. The Morgan fingerprint density at radius 3 is 2.27 bits per heavy atom. The predicted molar refractivity (Wildman–Crippen MR) is 121 cm³/mol. The summed E-state index contributed by atoms with van der Waals surface area (Å²) < 4.78 is 0. The molecule has 1 saturated heterocycles. The lowest BCUT2D eigenvalue weighted by Gasteiger charge is -2.36. The summed E-state index contributed by atoms with van der Waals surface area (Å²) in [6, 6.07) is 15.2. The van der Waals surface area contributed by atoms with E-state index in [1.54, 1.807) is 0 Å². The van der Waals surface area contributed by atoms with Gasteiger partial charge in [-0.2, -0.15) is 0 Å². The Balaban J connectivity index is 1.36. The fourth-order valence-electron chi connectivity index (χ4n) is 4.19. The Kier molecular flexibility index (Phi) is 6.32.